The van der Waals surface area contributed by atoms with Crippen LogP contribution in [-0.4, -0.2) is 50.4 Å². The molecule has 0 radical (unpaired) electrons. The van der Waals surface area contributed by atoms with Crippen LogP contribution in [0.5, 0.6) is 0 Å². The van der Waals surface area contributed by atoms with Crippen LogP contribution in [0.3, 0.4) is 0 Å². The van der Waals surface area contributed by atoms with Gasteiger partial charge in [0.25, 0.3) is 11.6 Å². The molecule has 0 aliphatic carbocycles. The van der Waals surface area contributed by atoms with Crippen LogP contribution in [0, 0.1) is 10.1 Å². The second-order valence-electron chi connectivity index (χ2n) is 4.55. The summed E-state index contributed by atoms with van der Waals surface area (Å²) in [6.07, 6.45) is -0.0579. The first-order valence-electron chi connectivity index (χ1n) is 5.89. The van der Waals surface area contributed by atoms with Crippen molar-refractivity contribution in [2.75, 3.05) is 6.54 Å². The molecule has 9 nitrogen and oxygen atoms in total. The van der Waals surface area contributed by atoms with Gasteiger partial charge < -0.3 is 15.7 Å². The summed E-state index contributed by atoms with van der Waals surface area (Å²) in [5.74, 6) is -1.59. The van der Waals surface area contributed by atoms with Crippen molar-refractivity contribution in [3.63, 3.8) is 0 Å². The van der Waals surface area contributed by atoms with E-state index in [1.165, 1.54) is 0 Å². The molecule has 10 heteroatoms. The van der Waals surface area contributed by atoms with E-state index < -0.39 is 34.6 Å². The van der Waals surface area contributed by atoms with Crippen LogP contribution in [0.1, 0.15) is 16.8 Å². The molecule has 1 aromatic heterocycles. The Kier molecular flexibility index (Phi) is 4.05. The number of pyridine rings is 1. The Bertz CT molecular complexity index is 623. The van der Waals surface area contributed by atoms with E-state index in [1.54, 1.807) is 0 Å². The van der Waals surface area contributed by atoms with Gasteiger partial charge in [0.15, 0.2) is 0 Å². The number of nitrogens with zero attached hydrogens (tertiary/aromatic N) is 3. The van der Waals surface area contributed by atoms with E-state index in [4.69, 9.17) is 17.3 Å². The second kappa shape index (κ2) is 5.62. The Balaban J connectivity index is 2.42. The molecule has 2 rings (SSSR count). The third-order valence-corrected chi connectivity index (χ3v) is 3.35. The van der Waals surface area contributed by atoms with Gasteiger partial charge >= 0.3 is 0 Å². The summed E-state index contributed by atoms with van der Waals surface area (Å²) in [5.41, 5.74) is 4.34. The monoisotopic (exact) mass is 314 g/mol. The van der Waals surface area contributed by atoms with Crippen molar-refractivity contribution < 1.29 is 19.6 Å². The highest BCUT2D eigenvalue weighted by Crippen LogP contribution is 2.26. The number of aliphatic hydroxyl groups excluding tert-OH is 1. The molecule has 21 heavy (non-hydrogen) atoms. The zero-order valence-electron chi connectivity index (χ0n) is 10.6. The predicted octanol–water partition coefficient (Wildman–Crippen LogP) is -0.296. The summed E-state index contributed by atoms with van der Waals surface area (Å²) in [6, 6.07) is 0.0316. The van der Waals surface area contributed by atoms with Crippen molar-refractivity contribution in [1.82, 2.24) is 9.88 Å². The van der Waals surface area contributed by atoms with Crippen LogP contribution in [0.15, 0.2) is 12.3 Å². The molecule has 2 amide bonds. The number of nitro groups is 1. The minimum absolute atomic E-state index is 0.00626. The number of aromatic nitrogens is 1. The minimum Gasteiger partial charge on any atom is -0.391 e. The van der Waals surface area contributed by atoms with Gasteiger partial charge in [-0.15, -0.1) is 0 Å². The van der Waals surface area contributed by atoms with Gasteiger partial charge in [0.2, 0.25) is 5.91 Å². The molecular formula is C11H11ClN4O5. The Labute approximate surface area is 123 Å². The van der Waals surface area contributed by atoms with Crippen molar-refractivity contribution in [3.8, 4) is 0 Å². The number of nitrogens with two attached hydrogens (primary N) is 1. The lowest BCUT2D eigenvalue weighted by Crippen LogP contribution is -2.43. The molecular weight excluding hydrogens is 304 g/mol. The van der Waals surface area contributed by atoms with Crippen molar-refractivity contribution in [3.05, 3.63) is 33.1 Å². The van der Waals surface area contributed by atoms with E-state index in [2.05, 4.69) is 4.98 Å². The smallest absolute Gasteiger partial charge is 0.300 e. The lowest BCUT2D eigenvalue weighted by Gasteiger charge is -2.21. The van der Waals surface area contributed by atoms with Crippen LogP contribution < -0.4 is 5.73 Å². The first-order valence-corrected chi connectivity index (χ1v) is 6.27. The summed E-state index contributed by atoms with van der Waals surface area (Å²) in [7, 11) is 0. The first kappa shape index (κ1) is 15.1. The van der Waals surface area contributed by atoms with Gasteiger partial charge in [-0.05, 0) is 6.07 Å². The molecule has 1 saturated heterocycles. The molecule has 1 aliphatic heterocycles. The maximum Gasteiger partial charge on any atom is 0.300 e. The van der Waals surface area contributed by atoms with E-state index in [0.717, 1.165) is 17.2 Å². The Hall–Kier alpha value is -2.26. The summed E-state index contributed by atoms with van der Waals surface area (Å²) in [6.45, 7) is -0.135. The van der Waals surface area contributed by atoms with Crippen molar-refractivity contribution in [2.24, 2.45) is 5.73 Å². The number of hydrogen-bond acceptors (Lipinski definition) is 6. The molecule has 1 aliphatic rings. The van der Waals surface area contributed by atoms with Crippen LogP contribution in [-0.2, 0) is 4.79 Å². The molecule has 0 spiro atoms. The average Bonchev–Trinajstić information content (AvgIpc) is 2.79. The van der Waals surface area contributed by atoms with Gasteiger partial charge in [0, 0.05) is 13.0 Å². The fourth-order valence-corrected chi connectivity index (χ4v) is 2.36. The van der Waals surface area contributed by atoms with Gasteiger partial charge in [0.1, 0.15) is 23.0 Å². The third-order valence-electron chi connectivity index (χ3n) is 3.14. The second-order valence-corrected chi connectivity index (χ2v) is 4.93. The topological polar surface area (TPSA) is 140 Å². The molecule has 2 unspecified atom stereocenters. The molecule has 0 saturated carbocycles. The highest BCUT2D eigenvalue weighted by Gasteiger charge is 2.40. The number of carbonyl (C=O) groups excluding carboxylic acids is 2. The molecule has 0 aromatic carbocycles. The SMILES string of the molecule is NC(=O)C1CC(O)CN1C(=O)c1cc(Cl)ncc1[N+](=O)[O-]. The van der Waals surface area contributed by atoms with Crippen molar-refractivity contribution in [1.29, 1.82) is 0 Å². The molecule has 1 fully saturated rings. The molecule has 112 valence electrons. The van der Waals surface area contributed by atoms with Gasteiger partial charge in [-0.1, -0.05) is 11.6 Å². The van der Waals surface area contributed by atoms with Crippen molar-refractivity contribution in [2.45, 2.75) is 18.6 Å². The highest BCUT2D eigenvalue weighted by atomic mass is 35.5. The Morgan fingerprint density at radius 1 is 1.57 bits per heavy atom. The fourth-order valence-electron chi connectivity index (χ4n) is 2.20. The largest absolute Gasteiger partial charge is 0.391 e. The van der Waals surface area contributed by atoms with Crippen LogP contribution in [0.2, 0.25) is 5.15 Å². The number of hydrogen-bond donors (Lipinski definition) is 2. The van der Waals surface area contributed by atoms with E-state index in [1.807, 2.05) is 0 Å². The summed E-state index contributed by atoms with van der Waals surface area (Å²) >= 11 is 5.65. The minimum atomic E-state index is -1.01. The first-order chi connectivity index (χ1) is 9.81. The number of β-amino-alcohol motifs (C(OH)–C–C–N with tert-alkyl or cyclic N) is 1. The standard InChI is InChI=1S/C11H11ClN4O5/c12-9-2-6(8(3-14-9)16(20)21)11(19)15-4-5(17)1-7(15)10(13)18/h2-3,5,7,17H,1,4H2,(H2,13,18). The molecule has 0 bridgehead atoms. The van der Waals surface area contributed by atoms with E-state index in [-0.39, 0.29) is 23.7 Å². The van der Waals surface area contributed by atoms with Gasteiger partial charge in [0.05, 0.1) is 11.0 Å². The lowest BCUT2D eigenvalue weighted by molar-refractivity contribution is -0.385. The summed E-state index contributed by atoms with van der Waals surface area (Å²) < 4.78 is 0. The van der Waals surface area contributed by atoms with Gasteiger partial charge in [-0.2, -0.15) is 0 Å². The normalized spacial score (nSPS) is 21.3. The van der Waals surface area contributed by atoms with Crippen LogP contribution >= 0.6 is 11.6 Å². The Morgan fingerprint density at radius 3 is 2.81 bits per heavy atom. The highest BCUT2D eigenvalue weighted by molar-refractivity contribution is 6.29. The predicted molar refractivity (Wildman–Crippen MR) is 70.5 cm³/mol. The third kappa shape index (κ3) is 2.93. The number of primary amides is 1. The van der Waals surface area contributed by atoms with E-state index >= 15 is 0 Å². The number of halogens is 1. The zero-order chi connectivity index (χ0) is 15.7. The maximum atomic E-state index is 12.4. The average molecular weight is 315 g/mol. The molecule has 1 aromatic rings. The molecule has 3 N–H and O–H groups in total. The lowest BCUT2D eigenvalue weighted by atomic mass is 10.1. The molecule has 2 heterocycles. The summed E-state index contributed by atoms with van der Waals surface area (Å²) in [5, 5.41) is 20.4. The zero-order valence-corrected chi connectivity index (χ0v) is 11.4. The van der Waals surface area contributed by atoms with Crippen LogP contribution in [0.25, 0.3) is 0 Å². The number of rotatable bonds is 3. The summed E-state index contributed by atoms with van der Waals surface area (Å²) in [4.78, 5) is 38.4. The van der Waals surface area contributed by atoms with E-state index in [0.29, 0.717) is 0 Å². The number of amides is 2. The number of carbonyl (C=O) groups is 2. The maximum absolute atomic E-state index is 12.4. The van der Waals surface area contributed by atoms with E-state index in [9.17, 15) is 24.8 Å². The van der Waals surface area contributed by atoms with Crippen LogP contribution in [0.4, 0.5) is 5.69 Å². The molecule has 2 atom stereocenters. The van der Waals surface area contributed by atoms with Crippen molar-refractivity contribution >= 4 is 29.1 Å². The Morgan fingerprint density at radius 2 is 2.24 bits per heavy atom. The van der Waals surface area contributed by atoms with Gasteiger partial charge in [-0.25, -0.2) is 4.98 Å². The quantitative estimate of drug-likeness (QED) is 0.446. The number of likely N-dealkylation sites (tertiary alicyclic amines) is 1. The fraction of sp³-hybridized carbons (Fsp3) is 0.364. The number of aliphatic hydroxyl groups is 1. The van der Waals surface area contributed by atoms with Gasteiger partial charge in [-0.3, -0.25) is 19.7 Å².